The molecule has 0 unspecified atom stereocenters. The number of ether oxygens (including phenoxy) is 1. The Kier molecular flexibility index (Phi) is 3.11. The standard InChI is InChI=1S/C12H17NO2/c1-15-12-8-11(5-4-10(12)9-14)13-6-2-3-7-13/h4-5,8,14H,2-3,6-7,9H2,1H3. The van der Waals surface area contributed by atoms with Gasteiger partial charge in [-0.25, -0.2) is 0 Å². The van der Waals surface area contributed by atoms with Crippen LogP contribution >= 0.6 is 0 Å². The molecule has 0 saturated carbocycles. The number of aliphatic hydroxyl groups excluding tert-OH is 1. The van der Waals surface area contributed by atoms with E-state index in [9.17, 15) is 0 Å². The summed E-state index contributed by atoms with van der Waals surface area (Å²) in [6.45, 7) is 2.28. The van der Waals surface area contributed by atoms with Crippen molar-refractivity contribution in [3.8, 4) is 5.75 Å². The van der Waals surface area contributed by atoms with E-state index in [0.717, 1.165) is 24.4 Å². The monoisotopic (exact) mass is 207 g/mol. The summed E-state index contributed by atoms with van der Waals surface area (Å²) >= 11 is 0. The fraction of sp³-hybridized carbons (Fsp3) is 0.500. The number of methoxy groups -OCH3 is 1. The molecular formula is C12H17NO2. The largest absolute Gasteiger partial charge is 0.496 e. The smallest absolute Gasteiger partial charge is 0.126 e. The van der Waals surface area contributed by atoms with Gasteiger partial charge in [0.1, 0.15) is 5.75 Å². The molecule has 1 aliphatic rings. The Morgan fingerprint density at radius 2 is 2.07 bits per heavy atom. The minimum absolute atomic E-state index is 0.0312. The van der Waals surface area contributed by atoms with E-state index >= 15 is 0 Å². The molecule has 0 bridgehead atoms. The van der Waals surface area contributed by atoms with Crippen molar-refractivity contribution in [2.75, 3.05) is 25.1 Å². The summed E-state index contributed by atoms with van der Waals surface area (Å²) in [6, 6.07) is 6.00. The molecule has 1 fully saturated rings. The molecule has 1 saturated heterocycles. The van der Waals surface area contributed by atoms with Crippen molar-refractivity contribution < 1.29 is 9.84 Å². The average Bonchev–Trinajstić information content (AvgIpc) is 2.81. The summed E-state index contributed by atoms with van der Waals surface area (Å²) in [7, 11) is 1.64. The quantitative estimate of drug-likeness (QED) is 0.820. The van der Waals surface area contributed by atoms with Crippen LogP contribution in [0.2, 0.25) is 0 Å². The van der Waals surface area contributed by atoms with Crippen LogP contribution in [-0.4, -0.2) is 25.3 Å². The van der Waals surface area contributed by atoms with E-state index in [1.54, 1.807) is 7.11 Å². The summed E-state index contributed by atoms with van der Waals surface area (Å²) in [5.74, 6) is 0.780. The molecule has 15 heavy (non-hydrogen) atoms. The van der Waals surface area contributed by atoms with Gasteiger partial charge >= 0.3 is 0 Å². The van der Waals surface area contributed by atoms with Gasteiger partial charge in [-0.3, -0.25) is 0 Å². The number of hydrogen-bond donors (Lipinski definition) is 1. The maximum absolute atomic E-state index is 9.11. The summed E-state index contributed by atoms with van der Waals surface area (Å²) in [5.41, 5.74) is 2.04. The molecule has 0 amide bonds. The van der Waals surface area contributed by atoms with E-state index < -0.39 is 0 Å². The van der Waals surface area contributed by atoms with E-state index in [0.29, 0.717) is 0 Å². The van der Waals surface area contributed by atoms with Gasteiger partial charge in [0.05, 0.1) is 13.7 Å². The van der Waals surface area contributed by atoms with E-state index in [1.807, 2.05) is 12.1 Å². The van der Waals surface area contributed by atoms with E-state index in [1.165, 1.54) is 18.5 Å². The van der Waals surface area contributed by atoms with Crippen molar-refractivity contribution in [3.05, 3.63) is 23.8 Å². The van der Waals surface area contributed by atoms with Gasteiger partial charge in [-0.05, 0) is 18.9 Å². The first kappa shape index (κ1) is 10.3. The first-order chi connectivity index (χ1) is 7.35. The lowest BCUT2D eigenvalue weighted by molar-refractivity contribution is 0.274. The van der Waals surface area contributed by atoms with Crippen molar-refractivity contribution in [2.24, 2.45) is 0 Å². The summed E-state index contributed by atoms with van der Waals surface area (Å²) < 4.78 is 5.25. The van der Waals surface area contributed by atoms with Crippen LogP contribution in [0.5, 0.6) is 5.75 Å². The molecule has 0 aromatic heterocycles. The Morgan fingerprint density at radius 1 is 1.33 bits per heavy atom. The van der Waals surface area contributed by atoms with E-state index in [-0.39, 0.29) is 6.61 Å². The SMILES string of the molecule is COc1cc(N2CCCC2)ccc1CO. The Bertz CT molecular complexity index is 332. The second kappa shape index (κ2) is 4.53. The fourth-order valence-corrected chi connectivity index (χ4v) is 2.04. The van der Waals surface area contributed by atoms with E-state index in [2.05, 4.69) is 11.0 Å². The van der Waals surface area contributed by atoms with Crippen LogP contribution in [0.3, 0.4) is 0 Å². The van der Waals surface area contributed by atoms with Gasteiger partial charge < -0.3 is 14.7 Å². The predicted molar refractivity (Wildman–Crippen MR) is 60.4 cm³/mol. The number of aliphatic hydroxyl groups is 1. The van der Waals surface area contributed by atoms with Crippen molar-refractivity contribution in [1.82, 2.24) is 0 Å². The van der Waals surface area contributed by atoms with Crippen LogP contribution in [-0.2, 0) is 6.61 Å². The third kappa shape index (κ3) is 2.07. The van der Waals surface area contributed by atoms with Crippen LogP contribution < -0.4 is 9.64 Å². The molecule has 0 aliphatic carbocycles. The van der Waals surface area contributed by atoms with Crippen molar-refractivity contribution in [2.45, 2.75) is 19.4 Å². The summed E-state index contributed by atoms with van der Waals surface area (Å²) in [5, 5.41) is 9.11. The number of hydrogen-bond acceptors (Lipinski definition) is 3. The third-order valence-corrected chi connectivity index (χ3v) is 2.91. The number of benzene rings is 1. The van der Waals surface area contributed by atoms with E-state index in [4.69, 9.17) is 9.84 Å². The fourth-order valence-electron chi connectivity index (χ4n) is 2.04. The molecule has 2 rings (SSSR count). The second-order valence-corrected chi connectivity index (χ2v) is 3.85. The number of rotatable bonds is 3. The zero-order chi connectivity index (χ0) is 10.7. The Morgan fingerprint density at radius 3 is 2.67 bits per heavy atom. The van der Waals surface area contributed by atoms with Crippen LogP contribution in [0.15, 0.2) is 18.2 Å². The van der Waals surface area contributed by atoms with Crippen LogP contribution in [0, 0.1) is 0 Å². The molecule has 0 spiro atoms. The molecular weight excluding hydrogens is 190 g/mol. The molecule has 1 aromatic rings. The highest BCUT2D eigenvalue weighted by Crippen LogP contribution is 2.27. The maximum Gasteiger partial charge on any atom is 0.126 e. The Balaban J connectivity index is 2.25. The van der Waals surface area contributed by atoms with Crippen LogP contribution in [0.4, 0.5) is 5.69 Å². The number of nitrogens with zero attached hydrogens (tertiary/aromatic N) is 1. The highest BCUT2D eigenvalue weighted by Gasteiger charge is 2.13. The van der Waals surface area contributed by atoms with Gasteiger partial charge in [-0.1, -0.05) is 6.07 Å². The first-order valence-corrected chi connectivity index (χ1v) is 5.38. The molecule has 1 heterocycles. The molecule has 1 N–H and O–H groups in total. The lowest BCUT2D eigenvalue weighted by Crippen LogP contribution is -2.17. The minimum atomic E-state index is 0.0312. The van der Waals surface area contributed by atoms with Gasteiger partial charge in [-0.15, -0.1) is 0 Å². The number of anilines is 1. The second-order valence-electron chi connectivity index (χ2n) is 3.85. The van der Waals surface area contributed by atoms with Gasteiger partial charge in [-0.2, -0.15) is 0 Å². The molecule has 0 radical (unpaired) electrons. The van der Waals surface area contributed by atoms with Gasteiger partial charge in [0.2, 0.25) is 0 Å². The lowest BCUT2D eigenvalue weighted by Gasteiger charge is -2.19. The van der Waals surface area contributed by atoms with Crippen LogP contribution in [0.25, 0.3) is 0 Å². The maximum atomic E-state index is 9.11. The average molecular weight is 207 g/mol. The zero-order valence-electron chi connectivity index (χ0n) is 9.07. The third-order valence-electron chi connectivity index (χ3n) is 2.91. The molecule has 1 aliphatic heterocycles. The van der Waals surface area contributed by atoms with Gasteiger partial charge in [0.25, 0.3) is 0 Å². The Hall–Kier alpha value is -1.22. The topological polar surface area (TPSA) is 32.7 Å². The highest BCUT2D eigenvalue weighted by molar-refractivity contribution is 5.54. The lowest BCUT2D eigenvalue weighted by atomic mass is 10.2. The summed E-state index contributed by atoms with van der Waals surface area (Å²) in [4.78, 5) is 2.35. The normalized spacial score (nSPS) is 15.7. The molecule has 82 valence electrons. The minimum Gasteiger partial charge on any atom is -0.496 e. The Labute approximate surface area is 90.3 Å². The molecule has 3 nitrogen and oxygen atoms in total. The predicted octanol–water partition coefficient (Wildman–Crippen LogP) is 1.79. The zero-order valence-corrected chi connectivity index (χ0v) is 9.07. The van der Waals surface area contributed by atoms with Crippen molar-refractivity contribution >= 4 is 5.69 Å². The van der Waals surface area contributed by atoms with Crippen LogP contribution in [0.1, 0.15) is 18.4 Å². The molecule has 3 heteroatoms. The van der Waals surface area contributed by atoms with Gasteiger partial charge in [0, 0.05) is 30.4 Å². The van der Waals surface area contributed by atoms with Crippen molar-refractivity contribution in [1.29, 1.82) is 0 Å². The van der Waals surface area contributed by atoms with Gasteiger partial charge in [0.15, 0.2) is 0 Å². The molecule has 1 aromatic carbocycles. The first-order valence-electron chi connectivity index (χ1n) is 5.38. The highest BCUT2D eigenvalue weighted by atomic mass is 16.5. The summed E-state index contributed by atoms with van der Waals surface area (Å²) in [6.07, 6.45) is 2.54. The van der Waals surface area contributed by atoms with Crippen molar-refractivity contribution in [3.63, 3.8) is 0 Å². The molecule has 0 atom stereocenters.